The smallest absolute Gasteiger partial charge is 0.433 e. The summed E-state index contributed by atoms with van der Waals surface area (Å²) in [5, 5.41) is 11.6. The van der Waals surface area contributed by atoms with Gasteiger partial charge in [0.05, 0.1) is 0 Å². The van der Waals surface area contributed by atoms with Crippen molar-refractivity contribution in [3.63, 3.8) is 0 Å². The quantitative estimate of drug-likeness (QED) is 0.835. The zero-order valence-corrected chi connectivity index (χ0v) is 11.2. The minimum Gasteiger partial charge on any atom is -0.478 e. The van der Waals surface area contributed by atoms with Gasteiger partial charge in [-0.15, -0.1) is 0 Å². The molecular formula is C14H15F3N2O2. The third-order valence-electron chi connectivity index (χ3n) is 3.32. The molecule has 21 heavy (non-hydrogen) atoms. The van der Waals surface area contributed by atoms with Crippen molar-refractivity contribution in [2.75, 3.05) is 5.32 Å². The van der Waals surface area contributed by atoms with Gasteiger partial charge in [-0.3, -0.25) is 0 Å². The summed E-state index contributed by atoms with van der Waals surface area (Å²) in [5.74, 6) is -1.09. The minimum absolute atomic E-state index is 0.0780. The second-order valence-electron chi connectivity index (χ2n) is 4.93. The van der Waals surface area contributed by atoms with E-state index < -0.39 is 17.8 Å². The molecule has 1 aromatic rings. The van der Waals surface area contributed by atoms with Gasteiger partial charge < -0.3 is 10.4 Å². The highest BCUT2D eigenvalue weighted by atomic mass is 19.4. The van der Waals surface area contributed by atoms with E-state index in [4.69, 9.17) is 5.11 Å². The molecule has 0 unspecified atom stereocenters. The van der Waals surface area contributed by atoms with Crippen molar-refractivity contribution in [3.8, 4) is 0 Å². The van der Waals surface area contributed by atoms with E-state index in [1.165, 1.54) is 12.1 Å². The molecular weight excluding hydrogens is 285 g/mol. The van der Waals surface area contributed by atoms with Gasteiger partial charge in [0.1, 0.15) is 11.5 Å². The Morgan fingerprint density at radius 1 is 1.33 bits per heavy atom. The van der Waals surface area contributed by atoms with Crippen LogP contribution in [-0.4, -0.2) is 22.1 Å². The third kappa shape index (κ3) is 4.21. The number of carboxylic acid groups (broad SMARTS) is 1. The van der Waals surface area contributed by atoms with E-state index in [0.29, 0.717) is 5.56 Å². The molecule has 0 spiro atoms. The van der Waals surface area contributed by atoms with E-state index in [2.05, 4.69) is 10.3 Å². The van der Waals surface area contributed by atoms with Crippen molar-refractivity contribution in [1.29, 1.82) is 0 Å². The number of aliphatic carboxylic acids is 1. The first-order valence-electron chi connectivity index (χ1n) is 6.62. The van der Waals surface area contributed by atoms with E-state index in [0.717, 1.165) is 37.8 Å². The van der Waals surface area contributed by atoms with Crippen molar-refractivity contribution < 1.29 is 23.1 Å². The number of nitrogens with zero attached hydrogens (tertiary/aromatic N) is 1. The van der Waals surface area contributed by atoms with E-state index in [9.17, 15) is 18.0 Å². The summed E-state index contributed by atoms with van der Waals surface area (Å²) in [6.07, 6.45) is 1.39. The van der Waals surface area contributed by atoms with Gasteiger partial charge >= 0.3 is 12.1 Å². The molecule has 2 rings (SSSR count). The van der Waals surface area contributed by atoms with E-state index >= 15 is 0 Å². The van der Waals surface area contributed by atoms with Crippen LogP contribution < -0.4 is 5.32 Å². The van der Waals surface area contributed by atoms with E-state index in [-0.39, 0.29) is 11.9 Å². The lowest BCUT2D eigenvalue weighted by molar-refractivity contribution is -0.141. The zero-order valence-electron chi connectivity index (χ0n) is 11.2. The van der Waals surface area contributed by atoms with Gasteiger partial charge in [0.25, 0.3) is 0 Å². The maximum atomic E-state index is 12.7. The average Bonchev–Trinajstić information content (AvgIpc) is 2.88. The Labute approximate surface area is 119 Å². The number of alkyl halides is 3. The second-order valence-corrected chi connectivity index (χ2v) is 4.93. The Morgan fingerprint density at radius 2 is 2.00 bits per heavy atom. The van der Waals surface area contributed by atoms with Crippen LogP contribution in [0.1, 0.15) is 36.9 Å². The molecule has 0 atom stereocenters. The first kappa shape index (κ1) is 15.3. The molecule has 7 heteroatoms. The molecule has 1 heterocycles. The van der Waals surface area contributed by atoms with Crippen LogP contribution in [0.25, 0.3) is 6.08 Å². The number of hydrogen-bond acceptors (Lipinski definition) is 3. The minimum atomic E-state index is -4.53. The SMILES string of the molecule is O=C(O)/C=C/c1ccc(C(F)(F)F)nc1NC1CCCC1. The predicted octanol–water partition coefficient (Wildman–Crippen LogP) is 3.55. The lowest BCUT2D eigenvalue weighted by Gasteiger charge is -2.16. The van der Waals surface area contributed by atoms with Crippen molar-refractivity contribution in [3.05, 3.63) is 29.5 Å². The fourth-order valence-corrected chi connectivity index (χ4v) is 2.30. The fraction of sp³-hybridized carbons (Fsp3) is 0.429. The maximum Gasteiger partial charge on any atom is 0.433 e. The van der Waals surface area contributed by atoms with Crippen LogP contribution in [0.5, 0.6) is 0 Å². The van der Waals surface area contributed by atoms with Gasteiger partial charge in [-0.1, -0.05) is 12.8 Å². The summed E-state index contributed by atoms with van der Waals surface area (Å²) in [4.78, 5) is 14.2. The molecule has 1 aromatic heterocycles. The van der Waals surface area contributed by atoms with Crippen LogP contribution in [0, 0.1) is 0 Å². The molecule has 1 saturated carbocycles. The highest BCUT2D eigenvalue weighted by molar-refractivity contribution is 5.86. The van der Waals surface area contributed by atoms with Crippen molar-refractivity contribution in [2.45, 2.75) is 37.9 Å². The van der Waals surface area contributed by atoms with Crippen LogP contribution in [0.4, 0.5) is 19.0 Å². The molecule has 2 N–H and O–H groups in total. The number of anilines is 1. The molecule has 1 aliphatic carbocycles. The Kier molecular flexibility index (Phi) is 4.50. The molecule has 1 fully saturated rings. The summed E-state index contributed by atoms with van der Waals surface area (Å²) >= 11 is 0. The van der Waals surface area contributed by atoms with Crippen LogP contribution in [0.3, 0.4) is 0 Å². The monoisotopic (exact) mass is 300 g/mol. The molecule has 0 saturated heterocycles. The molecule has 4 nitrogen and oxygen atoms in total. The Balaban J connectivity index is 2.31. The largest absolute Gasteiger partial charge is 0.478 e. The van der Waals surface area contributed by atoms with Gasteiger partial charge in [-0.25, -0.2) is 9.78 Å². The average molecular weight is 300 g/mol. The number of carbonyl (C=O) groups is 1. The first-order chi connectivity index (χ1) is 9.86. The van der Waals surface area contributed by atoms with Gasteiger partial charge in [0, 0.05) is 17.7 Å². The van der Waals surface area contributed by atoms with Crippen LogP contribution in [-0.2, 0) is 11.0 Å². The number of hydrogen-bond donors (Lipinski definition) is 2. The normalized spacial score (nSPS) is 16.5. The highest BCUT2D eigenvalue weighted by Gasteiger charge is 2.33. The zero-order chi connectivity index (χ0) is 15.5. The maximum absolute atomic E-state index is 12.7. The summed E-state index contributed by atoms with van der Waals surface area (Å²) in [7, 11) is 0. The van der Waals surface area contributed by atoms with Crippen LogP contribution in [0.15, 0.2) is 18.2 Å². The standard InChI is InChI=1S/C14H15F3N2O2/c15-14(16,17)11-7-5-9(6-8-12(20)21)13(19-11)18-10-3-1-2-4-10/h5-8,10H,1-4H2,(H,18,19)(H,20,21)/b8-6+. The third-order valence-corrected chi connectivity index (χ3v) is 3.32. The van der Waals surface area contributed by atoms with Gasteiger partial charge in [0.2, 0.25) is 0 Å². The second kappa shape index (κ2) is 6.15. The summed E-state index contributed by atoms with van der Waals surface area (Å²) < 4.78 is 38.2. The Morgan fingerprint density at radius 3 is 2.57 bits per heavy atom. The predicted molar refractivity (Wildman–Crippen MR) is 71.8 cm³/mol. The molecule has 0 radical (unpaired) electrons. The number of halogens is 3. The molecule has 0 bridgehead atoms. The van der Waals surface area contributed by atoms with Crippen LogP contribution in [0.2, 0.25) is 0 Å². The van der Waals surface area contributed by atoms with Gasteiger partial charge in [0.15, 0.2) is 0 Å². The molecule has 0 aliphatic heterocycles. The number of pyridine rings is 1. The number of carboxylic acids is 1. The lowest BCUT2D eigenvalue weighted by Crippen LogP contribution is -2.18. The van der Waals surface area contributed by atoms with Crippen molar-refractivity contribution in [1.82, 2.24) is 4.98 Å². The Hall–Kier alpha value is -2.05. The van der Waals surface area contributed by atoms with Gasteiger partial charge in [-0.2, -0.15) is 13.2 Å². The van der Waals surface area contributed by atoms with Crippen LogP contribution >= 0.6 is 0 Å². The van der Waals surface area contributed by atoms with Crippen molar-refractivity contribution in [2.24, 2.45) is 0 Å². The first-order valence-corrected chi connectivity index (χ1v) is 6.62. The lowest BCUT2D eigenvalue weighted by atomic mass is 10.2. The topological polar surface area (TPSA) is 62.2 Å². The number of rotatable bonds is 4. The number of nitrogens with one attached hydrogen (secondary N) is 1. The highest BCUT2D eigenvalue weighted by Crippen LogP contribution is 2.31. The van der Waals surface area contributed by atoms with E-state index in [1.54, 1.807) is 0 Å². The van der Waals surface area contributed by atoms with Crippen molar-refractivity contribution >= 4 is 17.9 Å². The fourth-order valence-electron chi connectivity index (χ4n) is 2.30. The summed E-state index contributed by atoms with van der Waals surface area (Å²) in [5.41, 5.74) is -0.659. The Bertz CT molecular complexity index is 550. The number of aromatic nitrogens is 1. The summed E-state index contributed by atoms with van der Waals surface area (Å²) in [6.45, 7) is 0. The van der Waals surface area contributed by atoms with E-state index in [1.807, 2.05) is 0 Å². The molecule has 0 aromatic carbocycles. The molecule has 1 aliphatic rings. The summed E-state index contributed by atoms with van der Waals surface area (Å²) in [6, 6.07) is 2.16. The van der Waals surface area contributed by atoms with Gasteiger partial charge in [-0.05, 0) is 31.1 Å². The molecule has 114 valence electrons. The molecule has 0 amide bonds.